The lowest BCUT2D eigenvalue weighted by Crippen LogP contribution is -2.39. The number of carbonyl (C=O) groups is 1. The molecule has 1 aromatic carbocycles. The number of fused-ring (bicyclic) bond motifs is 2. The van der Waals surface area contributed by atoms with E-state index in [2.05, 4.69) is 26.0 Å². The van der Waals surface area contributed by atoms with E-state index < -0.39 is 0 Å². The summed E-state index contributed by atoms with van der Waals surface area (Å²) in [7, 11) is 0. The Morgan fingerprint density at radius 2 is 2.25 bits per heavy atom. The zero-order valence-electron chi connectivity index (χ0n) is 12.9. The summed E-state index contributed by atoms with van der Waals surface area (Å²) in [5, 5.41) is 4.30. The quantitative estimate of drug-likeness (QED) is 0.641. The Kier molecular flexibility index (Phi) is 3.60. The Hall–Kier alpha value is -2.28. The Morgan fingerprint density at radius 3 is 3.08 bits per heavy atom. The van der Waals surface area contributed by atoms with Gasteiger partial charge in [-0.3, -0.25) is 4.79 Å². The van der Waals surface area contributed by atoms with Gasteiger partial charge >= 0.3 is 0 Å². The molecule has 0 bridgehead atoms. The van der Waals surface area contributed by atoms with Gasteiger partial charge in [0.05, 0.1) is 10.5 Å². The first-order valence-corrected chi connectivity index (χ1v) is 8.43. The van der Waals surface area contributed by atoms with Crippen molar-refractivity contribution >= 4 is 27.5 Å². The van der Waals surface area contributed by atoms with E-state index in [0.29, 0.717) is 29.9 Å². The molecule has 2 aromatic heterocycles. The number of benzene rings is 1. The molecule has 5 nitrogen and oxygen atoms in total. The van der Waals surface area contributed by atoms with Crippen LogP contribution in [0.4, 0.5) is 4.39 Å². The van der Waals surface area contributed by atoms with Crippen molar-refractivity contribution < 1.29 is 9.18 Å². The summed E-state index contributed by atoms with van der Waals surface area (Å²) in [6.45, 7) is 2.39. The molecule has 7 heteroatoms. The van der Waals surface area contributed by atoms with Gasteiger partial charge in [-0.15, -0.1) is 0 Å². The third-order valence-corrected chi connectivity index (χ3v) is 4.82. The average Bonchev–Trinajstić information content (AvgIpc) is 2.97. The fourth-order valence-corrected chi connectivity index (χ4v) is 3.54. The van der Waals surface area contributed by atoms with Gasteiger partial charge in [0.15, 0.2) is 11.3 Å². The minimum atomic E-state index is -0.327. The van der Waals surface area contributed by atoms with Gasteiger partial charge in [-0.1, -0.05) is 12.1 Å². The predicted molar refractivity (Wildman–Crippen MR) is 90.2 cm³/mol. The van der Waals surface area contributed by atoms with Crippen LogP contribution in [0.25, 0.3) is 5.65 Å². The van der Waals surface area contributed by atoms with Crippen LogP contribution in [0.3, 0.4) is 0 Å². The van der Waals surface area contributed by atoms with Gasteiger partial charge < -0.3 is 4.90 Å². The third kappa shape index (κ3) is 2.39. The van der Waals surface area contributed by atoms with Crippen molar-refractivity contribution in [2.24, 2.45) is 0 Å². The van der Waals surface area contributed by atoms with Crippen molar-refractivity contribution in [2.45, 2.75) is 19.4 Å². The van der Waals surface area contributed by atoms with Gasteiger partial charge in [0.2, 0.25) is 0 Å². The first kappa shape index (κ1) is 15.3. The fourth-order valence-electron chi connectivity index (χ4n) is 3.24. The topological polar surface area (TPSA) is 50.5 Å². The van der Waals surface area contributed by atoms with Crippen LogP contribution in [0, 0.1) is 5.82 Å². The maximum Gasteiger partial charge on any atom is 0.274 e. The molecule has 0 spiro atoms. The van der Waals surface area contributed by atoms with Crippen LogP contribution in [0.15, 0.2) is 41.1 Å². The first-order chi connectivity index (χ1) is 11.5. The molecule has 3 heterocycles. The van der Waals surface area contributed by atoms with E-state index in [0.717, 1.165) is 10.0 Å². The van der Waals surface area contributed by atoms with E-state index in [1.807, 2.05) is 13.0 Å². The maximum atomic E-state index is 14.2. The summed E-state index contributed by atoms with van der Waals surface area (Å²) in [6.07, 6.45) is 4.04. The monoisotopic (exact) mass is 388 g/mol. The van der Waals surface area contributed by atoms with Crippen LogP contribution < -0.4 is 0 Å². The number of hydrogen-bond donors (Lipinski definition) is 0. The van der Waals surface area contributed by atoms with Gasteiger partial charge in [0.1, 0.15) is 5.82 Å². The summed E-state index contributed by atoms with van der Waals surface area (Å²) in [5.74, 6) is -0.476. The molecule has 1 unspecified atom stereocenters. The normalized spacial score (nSPS) is 17.1. The highest BCUT2D eigenvalue weighted by molar-refractivity contribution is 9.10. The van der Waals surface area contributed by atoms with Crippen LogP contribution >= 0.6 is 15.9 Å². The number of aromatic nitrogens is 3. The van der Waals surface area contributed by atoms with Gasteiger partial charge in [-0.05, 0) is 40.9 Å². The van der Waals surface area contributed by atoms with Crippen molar-refractivity contribution in [3.8, 4) is 0 Å². The molecule has 0 aliphatic carbocycles. The number of rotatable bonds is 1. The lowest BCUT2D eigenvalue weighted by atomic mass is 9.93. The highest BCUT2D eigenvalue weighted by atomic mass is 79.9. The minimum Gasteiger partial charge on any atom is -0.330 e. The number of halogens is 2. The summed E-state index contributed by atoms with van der Waals surface area (Å²) in [6, 6.07) is 6.40. The van der Waals surface area contributed by atoms with Gasteiger partial charge in [-0.25, -0.2) is 13.9 Å². The first-order valence-electron chi connectivity index (χ1n) is 7.64. The van der Waals surface area contributed by atoms with E-state index in [4.69, 9.17) is 0 Å². The zero-order chi connectivity index (χ0) is 16.8. The molecule has 24 heavy (non-hydrogen) atoms. The summed E-state index contributed by atoms with van der Waals surface area (Å²) >= 11 is 3.33. The summed E-state index contributed by atoms with van der Waals surface area (Å²) in [4.78, 5) is 18.8. The second kappa shape index (κ2) is 5.66. The number of hydrogen-bond acceptors (Lipinski definition) is 3. The lowest BCUT2D eigenvalue weighted by Gasteiger charge is -2.35. The summed E-state index contributed by atoms with van der Waals surface area (Å²) in [5.41, 5.74) is 2.47. The van der Waals surface area contributed by atoms with Crippen LogP contribution in [-0.4, -0.2) is 31.9 Å². The third-order valence-electron chi connectivity index (χ3n) is 4.41. The van der Waals surface area contributed by atoms with E-state index in [-0.39, 0.29) is 17.8 Å². The highest BCUT2D eigenvalue weighted by Gasteiger charge is 2.31. The minimum absolute atomic E-state index is 0.210. The van der Waals surface area contributed by atoms with Crippen molar-refractivity contribution in [3.05, 3.63) is 63.8 Å². The molecule has 0 fully saturated rings. The van der Waals surface area contributed by atoms with Crippen LogP contribution in [0.5, 0.6) is 0 Å². The predicted octanol–water partition coefficient (Wildman–Crippen LogP) is 3.39. The molecule has 3 aromatic rings. The van der Waals surface area contributed by atoms with E-state index in [9.17, 15) is 9.18 Å². The molecular formula is C17H14BrFN4O. The lowest BCUT2D eigenvalue weighted by molar-refractivity contribution is 0.0667. The largest absolute Gasteiger partial charge is 0.330 e. The van der Waals surface area contributed by atoms with Crippen molar-refractivity contribution in [1.29, 1.82) is 0 Å². The van der Waals surface area contributed by atoms with Crippen molar-refractivity contribution in [2.75, 3.05) is 6.54 Å². The summed E-state index contributed by atoms with van der Waals surface area (Å²) < 4.78 is 16.5. The second-order valence-electron chi connectivity index (χ2n) is 5.84. The fraction of sp³-hybridized carbons (Fsp3) is 0.235. The van der Waals surface area contributed by atoms with Gasteiger partial charge in [0.25, 0.3) is 5.91 Å². The standard InChI is InChI=1S/C17H14BrFN4O/c1-10-16-11(3-2-4-13(16)19)5-6-22(10)17(24)14-7-15-20-8-12(18)9-23(15)21-14/h2-4,7-10H,5-6H2,1H3. The number of nitrogens with zero attached hydrogens (tertiary/aromatic N) is 4. The molecule has 1 amide bonds. The SMILES string of the molecule is CC1c2c(F)cccc2CCN1C(=O)c1cc2ncc(Br)cn2n1. The average molecular weight is 389 g/mol. The van der Waals surface area contributed by atoms with E-state index in [1.165, 1.54) is 6.07 Å². The Morgan fingerprint density at radius 1 is 1.42 bits per heavy atom. The zero-order valence-corrected chi connectivity index (χ0v) is 14.5. The maximum absolute atomic E-state index is 14.2. The Balaban J connectivity index is 1.70. The van der Waals surface area contributed by atoms with Crippen molar-refractivity contribution in [1.82, 2.24) is 19.5 Å². The van der Waals surface area contributed by atoms with Gasteiger partial charge in [-0.2, -0.15) is 5.10 Å². The molecule has 0 N–H and O–H groups in total. The van der Waals surface area contributed by atoms with Crippen LogP contribution in [0.1, 0.15) is 34.6 Å². The second-order valence-corrected chi connectivity index (χ2v) is 6.76. The molecule has 1 aliphatic heterocycles. The van der Waals surface area contributed by atoms with E-state index in [1.54, 1.807) is 33.9 Å². The molecule has 0 radical (unpaired) electrons. The number of amides is 1. The molecular weight excluding hydrogens is 375 g/mol. The van der Waals surface area contributed by atoms with Crippen LogP contribution in [-0.2, 0) is 6.42 Å². The van der Waals surface area contributed by atoms with Crippen molar-refractivity contribution in [3.63, 3.8) is 0 Å². The van der Waals surface area contributed by atoms with Crippen LogP contribution in [0.2, 0.25) is 0 Å². The number of carbonyl (C=O) groups excluding carboxylic acids is 1. The molecule has 0 saturated heterocycles. The molecule has 4 rings (SSSR count). The molecule has 1 atom stereocenters. The molecule has 1 aliphatic rings. The molecule has 0 saturated carbocycles. The molecule has 122 valence electrons. The van der Waals surface area contributed by atoms with E-state index >= 15 is 0 Å². The van der Waals surface area contributed by atoms with Gasteiger partial charge in [0, 0.05) is 30.6 Å². The Labute approximate surface area is 146 Å². The Bertz CT molecular complexity index is 955. The smallest absolute Gasteiger partial charge is 0.274 e. The highest BCUT2D eigenvalue weighted by Crippen LogP contribution is 2.32.